The van der Waals surface area contributed by atoms with Gasteiger partial charge in [0.1, 0.15) is 0 Å². The third kappa shape index (κ3) is 4.97. The first-order valence-corrected chi connectivity index (χ1v) is 11.0. The number of amides is 1. The van der Waals surface area contributed by atoms with E-state index in [2.05, 4.69) is 10.5 Å². The zero-order valence-electron chi connectivity index (χ0n) is 19.5. The van der Waals surface area contributed by atoms with Crippen LogP contribution < -0.4 is 5.32 Å². The number of nitrogens with zero attached hydrogens (tertiary/aromatic N) is 1. The number of hydrogen-bond acceptors (Lipinski definition) is 4. The molecule has 3 rings (SSSR count). The summed E-state index contributed by atoms with van der Waals surface area (Å²) in [6.07, 6.45) is -11.5. The first-order valence-electron chi connectivity index (χ1n) is 11.0. The number of carbonyl (C=O) groups is 1. The van der Waals surface area contributed by atoms with Crippen molar-refractivity contribution in [3.05, 3.63) is 71.4 Å². The lowest BCUT2D eigenvalue weighted by Crippen LogP contribution is -2.53. The van der Waals surface area contributed by atoms with E-state index in [1.807, 2.05) is 6.92 Å². The molecule has 1 aromatic heterocycles. The Morgan fingerprint density at radius 2 is 1.53 bits per heavy atom. The van der Waals surface area contributed by atoms with E-state index in [4.69, 9.17) is 4.52 Å². The van der Waals surface area contributed by atoms with E-state index in [0.29, 0.717) is 24.2 Å². The minimum atomic E-state index is -6.00. The molecule has 11 heteroatoms. The van der Waals surface area contributed by atoms with Gasteiger partial charge in [0, 0.05) is 5.56 Å². The second kappa shape index (κ2) is 9.96. The minimum absolute atomic E-state index is 0.0901. The third-order valence-corrected chi connectivity index (χ3v) is 5.84. The standard InChI is InChI=1S/C25H24F6N2O3/c1-4-18(15-8-6-5-7-9-15)21(34)32-22-19(20(14(2)3)33-36-22)16-10-12-17(13-11-16)23(35,24(26,27)28)25(29,30)31/h5-14,18,35H,4H2,1-3H3,(H,32,34). The average Bonchev–Trinajstić information content (AvgIpc) is 3.22. The van der Waals surface area contributed by atoms with Crippen LogP contribution in [0.4, 0.5) is 32.2 Å². The van der Waals surface area contributed by atoms with Crippen LogP contribution in [0, 0.1) is 0 Å². The number of anilines is 1. The van der Waals surface area contributed by atoms with Crippen molar-refractivity contribution in [1.82, 2.24) is 5.16 Å². The Balaban J connectivity index is 2.02. The van der Waals surface area contributed by atoms with Gasteiger partial charge in [0.25, 0.3) is 5.60 Å². The fraction of sp³-hybridized carbons (Fsp3) is 0.360. The molecule has 0 fully saturated rings. The maximum absolute atomic E-state index is 13.2. The van der Waals surface area contributed by atoms with Gasteiger partial charge in [-0.1, -0.05) is 80.5 Å². The van der Waals surface area contributed by atoms with Gasteiger partial charge in [-0.3, -0.25) is 10.1 Å². The lowest BCUT2D eigenvalue weighted by atomic mass is 9.90. The summed E-state index contributed by atoms with van der Waals surface area (Å²) in [7, 11) is 0. The number of aliphatic hydroxyl groups is 1. The highest BCUT2D eigenvalue weighted by Gasteiger charge is 2.71. The molecule has 194 valence electrons. The lowest BCUT2D eigenvalue weighted by Gasteiger charge is -2.32. The molecule has 2 N–H and O–H groups in total. The number of hydrogen-bond donors (Lipinski definition) is 2. The third-order valence-electron chi connectivity index (χ3n) is 5.84. The molecule has 1 atom stereocenters. The van der Waals surface area contributed by atoms with Gasteiger partial charge >= 0.3 is 12.4 Å². The number of nitrogens with one attached hydrogen (secondary N) is 1. The molecule has 0 aliphatic heterocycles. The first-order chi connectivity index (χ1) is 16.7. The molecule has 36 heavy (non-hydrogen) atoms. The first kappa shape index (κ1) is 27.3. The van der Waals surface area contributed by atoms with Crippen LogP contribution in [0.3, 0.4) is 0 Å². The molecule has 0 saturated carbocycles. The predicted molar refractivity (Wildman–Crippen MR) is 120 cm³/mol. The van der Waals surface area contributed by atoms with Crippen LogP contribution in [0.2, 0.25) is 0 Å². The molecule has 2 aromatic carbocycles. The Morgan fingerprint density at radius 3 is 2.00 bits per heavy atom. The van der Waals surface area contributed by atoms with Crippen LogP contribution in [0.5, 0.6) is 0 Å². The molecule has 1 heterocycles. The summed E-state index contributed by atoms with van der Waals surface area (Å²) in [4.78, 5) is 13.0. The normalized spacial score (nSPS) is 13.6. The van der Waals surface area contributed by atoms with Gasteiger partial charge in [0.15, 0.2) is 0 Å². The van der Waals surface area contributed by atoms with Gasteiger partial charge in [-0.2, -0.15) is 26.3 Å². The van der Waals surface area contributed by atoms with Crippen LogP contribution in [0.25, 0.3) is 11.1 Å². The zero-order valence-corrected chi connectivity index (χ0v) is 19.5. The van der Waals surface area contributed by atoms with Crippen LogP contribution in [-0.2, 0) is 10.4 Å². The molecule has 1 unspecified atom stereocenters. The Kier molecular flexibility index (Phi) is 7.54. The van der Waals surface area contributed by atoms with Crippen LogP contribution in [0.15, 0.2) is 59.1 Å². The SMILES string of the molecule is CCC(C(=O)Nc1onc(C(C)C)c1-c1ccc(C(O)(C(F)(F)F)C(F)(F)F)cc1)c1ccccc1. The smallest absolute Gasteiger partial charge is 0.369 e. The number of rotatable bonds is 7. The fourth-order valence-electron chi connectivity index (χ4n) is 3.88. The summed E-state index contributed by atoms with van der Waals surface area (Å²) >= 11 is 0. The molecular formula is C25H24F6N2O3. The van der Waals surface area contributed by atoms with E-state index in [1.165, 1.54) is 0 Å². The van der Waals surface area contributed by atoms with Gasteiger partial charge in [0.05, 0.1) is 17.2 Å². The maximum Gasteiger partial charge on any atom is 0.430 e. The van der Waals surface area contributed by atoms with Gasteiger partial charge in [-0.05, 0) is 23.5 Å². The van der Waals surface area contributed by atoms with E-state index in [9.17, 15) is 36.2 Å². The van der Waals surface area contributed by atoms with Gasteiger partial charge in [-0.15, -0.1) is 0 Å². The van der Waals surface area contributed by atoms with Crippen LogP contribution in [-0.4, -0.2) is 28.5 Å². The van der Waals surface area contributed by atoms with Gasteiger partial charge in [-0.25, -0.2) is 0 Å². The van der Waals surface area contributed by atoms with Crippen molar-refractivity contribution in [1.29, 1.82) is 0 Å². The Labute approximate surface area is 203 Å². The molecular weight excluding hydrogens is 490 g/mol. The summed E-state index contributed by atoms with van der Waals surface area (Å²) in [6, 6.07) is 12.0. The lowest BCUT2D eigenvalue weighted by molar-refractivity contribution is -0.376. The van der Waals surface area contributed by atoms with E-state index < -0.39 is 35.3 Å². The molecule has 0 spiro atoms. The summed E-state index contributed by atoms with van der Waals surface area (Å²) in [6.45, 7) is 5.33. The highest BCUT2D eigenvalue weighted by molar-refractivity contribution is 5.98. The number of halogens is 6. The van der Waals surface area contributed by atoms with Gasteiger partial charge in [0.2, 0.25) is 11.8 Å². The molecule has 3 aromatic rings. The molecule has 0 aliphatic rings. The van der Waals surface area contributed by atoms with E-state index >= 15 is 0 Å². The van der Waals surface area contributed by atoms with E-state index in [1.54, 1.807) is 44.2 Å². The number of carbonyl (C=O) groups excluding carboxylic acids is 1. The van der Waals surface area contributed by atoms with Crippen molar-refractivity contribution < 1.29 is 40.8 Å². The average molecular weight is 514 g/mol. The van der Waals surface area contributed by atoms with Gasteiger partial charge < -0.3 is 9.63 Å². The number of alkyl halides is 6. The van der Waals surface area contributed by atoms with Crippen molar-refractivity contribution in [2.75, 3.05) is 5.32 Å². The Hall–Kier alpha value is -3.34. The quantitative estimate of drug-likeness (QED) is 0.336. The number of aromatic nitrogens is 1. The summed E-state index contributed by atoms with van der Waals surface area (Å²) in [5.74, 6) is -1.31. The van der Waals surface area contributed by atoms with Crippen molar-refractivity contribution in [2.45, 2.75) is 57.0 Å². The molecule has 1 amide bonds. The highest BCUT2D eigenvalue weighted by atomic mass is 19.4. The van der Waals surface area contributed by atoms with Crippen molar-refractivity contribution in [3.63, 3.8) is 0 Å². The van der Waals surface area contributed by atoms with E-state index in [0.717, 1.165) is 17.7 Å². The minimum Gasteiger partial charge on any atom is -0.369 e. The second-order valence-electron chi connectivity index (χ2n) is 8.57. The largest absolute Gasteiger partial charge is 0.430 e. The fourth-order valence-corrected chi connectivity index (χ4v) is 3.88. The molecule has 0 radical (unpaired) electrons. The van der Waals surface area contributed by atoms with Crippen LogP contribution >= 0.6 is 0 Å². The Morgan fingerprint density at radius 1 is 0.972 bits per heavy atom. The number of benzene rings is 2. The molecule has 5 nitrogen and oxygen atoms in total. The zero-order chi connectivity index (χ0) is 26.9. The molecule has 0 aliphatic carbocycles. The molecule has 0 bridgehead atoms. The van der Waals surface area contributed by atoms with E-state index in [-0.39, 0.29) is 22.9 Å². The van der Waals surface area contributed by atoms with Crippen molar-refractivity contribution in [2.24, 2.45) is 0 Å². The summed E-state index contributed by atoms with van der Waals surface area (Å²) < 4.78 is 84.8. The molecule has 0 saturated heterocycles. The monoisotopic (exact) mass is 514 g/mol. The summed E-state index contributed by atoms with van der Waals surface area (Å²) in [5, 5.41) is 16.3. The Bertz CT molecular complexity index is 1170. The second-order valence-corrected chi connectivity index (χ2v) is 8.57. The predicted octanol–water partition coefficient (Wildman–Crippen LogP) is 6.91. The maximum atomic E-state index is 13.2. The van der Waals surface area contributed by atoms with Crippen molar-refractivity contribution in [3.8, 4) is 11.1 Å². The topological polar surface area (TPSA) is 75.4 Å². The highest BCUT2D eigenvalue weighted by Crippen LogP contribution is 2.50. The van der Waals surface area contributed by atoms with Crippen molar-refractivity contribution >= 4 is 11.8 Å². The van der Waals surface area contributed by atoms with Crippen LogP contribution in [0.1, 0.15) is 55.8 Å². The summed E-state index contributed by atoms with van der Waals surface area (Å²) in [5.41, 5.74) is -4.98.